The van der Waals surface area contributed by atoms with Gasteiger partial charge < -0.3 is 20.3 Å². The van der Waals surface area contributed by atoms with Crippen molar-refractivity contribution in [2.75, 3.05) is 48.8 Å². The minimum atomic E-state index is -4.36. The van der Waals surface area contributed by atoms with Crippen LogP contribution in [-0.4, -0.2) is 49.2 Å². The largest absolute Gasteiger partial charge is 0.497 e. The van der Waals surface area contributed by atoms with Gasteiger partial charge in [0.25, 0.3) is 0 Å². The van der Waals surface area contributed by atoms with Crippen LogP contribution in [0.25, 0.3) is 0 Å². The SMILES string of the molecule is COc1ccc(NC(=O)Nc2ccc(N3CCCN(Cc4ccccc4C(F)(F)F)CC3)nc2)cc1. The molecular formula is C26H28F3N5O2. The molecule has 190 valence electrons. The molecule has 1 fully saturated rings. The standard InChI is InChI=1S/C26H28F3N5O2/c1-36-22-10-7-20(8-11-22)31-25(35)32-21-9-12-24(30-17-21)34-14-4-13-33(15-16-34)18-19-5-2-3-6-23(19)26(27,28)29/h2-3,5-12,17H,4,13-16,18H2,1H3,(H2,31,32,35). The van der Waals surface area contributed by atoms with E-state index < -0.39 is 11.7 Å². The summed E-state index contributed by atoms with van der Waals surface area (Å²) < 4.78 is 45.1. The molecule has 0 spiro atoms. The van der Waals surface area contributed by atoms with Crippen LogP contribution in [0.1, 0.15) is 17.5 Å². The fourth-order valence-corrected chi connectivity index (χ4v) is 4.15. The quantitative estimate of drug-likeness (QED) is 0.471. The molecule has 1 saturated heterocycles. The van der Waals surface area contributed by atoms with Gasteiger partial charge in [0.05, 0.1) is 24.6 Å². The Morgan fingerprint density at radius 1 is 0.944 bits per heavy atom. The molecule has 0 aliphatic carbocycles. The molecule has 0 saturated carbocycles. The third-order valence-electron chi connectivity index (χ3n) is 5.98. The molecule has 2 amide bonds. The van der Waals surface area contributed by atoms with E-state index >= 15 is 0 Å². The number of hydrogen-bond donors (Lipinski definition) is 2. The Labute approximate surface area is 207 Å². The Bertz CT molecular complexity index is 1150. The molecule has 0 radical (unpaired) electrons. The summed E-state index contributed by atoms with van der Waals surface area (Å²) in [7, 11) is 1.57. The minimum Gasteiger partial charge on any atom is -0.497 e. The van der Waals surface area contributed by atoms with Crippen LogP contribution >= 0.6 is 0 Å². The summed E-state index contributed by atoms with van der Waals surface area (Å²) >= 11 is 0. The van der Waals surface area contributed by atoms with Gasteiger partial charge in [-0.3, -0.25) is 4.90 Å². The van der Waals surface area contributed by atoms with E-state index in [1.54, 1.807) is 55.8 Å². The van der Waals surface area contributed by atoms with Crippen molar-refractivity contribution in [3.8, 4) is 5.75 Å². The number of alkyl halides is 3. The molecule has 0 atom stereocenters. The second-order valence-electron chi connectivity index (χ2n) is 8.48. The first-order valence-corrected chi connectivity index (χ1v) is 11.6. The van der Waals surface area contributed by atoms with E-state index in [4.69, 9.17) is 4.74 Å². The van der Waals surface area contributed by atoms with Gasteiger partial charge in [0.2, 0.25) is 0 Å². The second kappa shape index (κ2) is 11.3. The molecule has 2 aromatic carbocycles. The van der Waals surface area contributed by atoms with E-state index in [1.165, 1.54) is 6.07 Å². The number of carbonyl (C=O) groups is 1. The zero-order chi connectivity index (χ0) is 25.5. The number of amides is 2. The molecular weight excluding hydrogens is 471 g/mol. The number of ether oxygens (including phenoxy) is 1. The van der Waals surface area contributed by atoms with Gasteiger partial charge in [0.15, 0.2) is 0 Å². The Hall–Kier alpha value is -3.79. The van der Waals surface area contributed by atoms with Crippen LogP contribution in [0.2, 0.25) is 0 Å². The van der Waals surface area contributed by atoms with Gasteiger partial charge in [-0.25, -0.2) is 9.78 Å². The second-order valence-corrected chi connectivity index (χ2v) is 8.48. The predicted molar refractivity (Wildman–Crippen MR) is 133 cm³/mol. The van der Waals surface area contributed by atoms with Gasteiger partial charge in [-0.05, 0) is 54.4 Å². The Kier molecular flexibility index (Phi) is 7.94. The third-order valence-corrected chi connectivity index (χ3v) is 5.98. The first kappa shape index (κ1) is 25.3. The van der Waals surface area contributed by atoms with Crippen molar-refractivity contribution < 1.29 is 22.7 Å². The topological polar surface area (TPSA) is 69.7 Å². The van der Waals surface area contributed by atoms with Crippen molar-refractivity contribution in [1.29, 1.82) is 0 Å². The summed E-state index contributed by atoms with van der Waals surface area (Å²) in [6.45, 7) is 2.97. The lowest BCUT2D eigenvalue weighted by atomic mass is 10.1. The lowest BCUT2D eigenvalue weighted by Crippen LogP contribution is -2.31. The molecule has 0 bridgehead atoms. The van der Waals surface area contributed by atoms with Gasteiger partial charge in [-0.2, -0.15) is 13.2 Å². The van der Waals surface area contributed by atoms with E-state index in [9.17, 15) is 18.0 Å². The van der Waals surface area contributed by atoms with Gasteiger partial charge in [-0.15, -0.1) is 0 Å². The first-order valence-electron chi connectivity index (χ1n) is 11.6. The molecule has 10 heteroatoms. The molecule has 7 nitrogen and oxygen atoms in total. The van der Waals surface area contributed by atoms with Crippen LogP contribution in [0.4, 0.5) is 35.2 Å². The van der Waals surface area contributed by atoms with Crippen molar-refractivity contribution in [3.05, 3.63) is 78.0 Å². The number of halogens is 3. The van der Waals surface area contributed by atoms with E-state index in [2.05, 4.69) is 20.5 Å². The average Bonchev–Trinajstić information content (AvgIpc) is 3.10. The summed E-state index contributed by atoms with van der Waals surface area (Å²) in [6.07, 6.45) is -1.97. The maximum atomic E-state index is 13.3. The van der Waals surface area contributed by atoms with Crippen molar-refractivity contribution >= 4 is 23.2 Å². The summed E-state index contributed by atoms with van der Waals surface area (Å²) in [5.74, 6) is 1.46. The average molecular weight is 500 g/mol. The van der Waals surface area contributed by atoms with Gasteiger partial charge in [0.1, 0.15) is 11.6 Å². The number of benzene rings is 2. The highest BCUT2D eigenvalue weighted by Crippen LogP contribution is 2.32. The fourth-order valence-electron chi connectivity index (χ4n) is 4.15. The Morgan fingerprint density at radius 2 is 1.67 bits per heavy atom. The van der Waals surface area contributed by atoms with Crippen molar-refractivity contribution in [2.24, 2.45) is 0 Å². The lowest BCUT2D eigenvalue weighted by Gasteiger charge is -2.24. The number of nitrogens with zero attached hydrogens (tertiary/aromatic N) is 3. The number of hydrogen-bond acceptors (Lipinski definition) is 5. The van der Waals surface area contributed by atoms with E-state index in [1.807, 2.05) is 11.0 Å². The highest BCUT2D eigenvalue weighted by Gasteiger charge is 2.33. The molecule has 1 aliphatic rings. The van der Waals surface area contributed by atoms with Crippen LogP contribution < -0.4 is 20.3 Å². The zero-order valence-corrected chi connectivity index (χ0v) is 19.9. The Morgan fingerprint density at radius 3 is 2.36 bits per heavy atom. The fraction of sp³-hybridized carbons (Fsp3) is 0.308. The van der Waals surface area contributed by atoms with Crippen LogP contribution in [-0.2, 0) is 12.7 Å². The number of aromatic nitrogens is 1. The highest BCUT2D eigenvalue weighted by atomic mass is 19.4. The summed E-state index contributed by atoms with van der Waals surface area (Å²) in [5.41, 5.74) is 0.890. The number of carbonyl (C=O) groups excluding carboxylic acids is 1. The van der Waals surface area contributed by atoms with Crippen molar-refractivity contribution in [3.63, 3.8) is 0 Å². The molecule has 1 aliphatic heterocycles. The number of urea groups is 1. The summed E-state index contributed by atoms with van der Waals surface area (Å²) in [6, 6.07) is 15.9. The molecule has 2 N–H and O–H groups in total. The maximum absolute atomic E-state index is 13.3. The minimum absolute atomic E-state index is 0.253. The Balaban J connectivity index is 1.31. The number of anilines is 3. The smallest absolute Gasteiger partial charge is 0.416 e. The van der Waals surface area contributed by atoms with Crippen molar-refractivity contribution in [1.82, 2.24) is 9.88 Å². The molecule has 2 heterocycles. The predicted octanol–water partition coefficient (Wildman–Crippen LogP) is 5.47. The highest BCUT2D eigenvalue weighted by molar-refractivity contribution is 5.99. The maximum Gasteiger partial charge on any atom is 0.416 e. The van der Waals surface area contributed by atoms with Gasteiger partial charge in [-0.1, -0.05) is 18.2 Å². The summed E-state index contributed by atoms with van der Waals surface area (Å²) in [4.78, 5) is 20.9. The van der Waals surface area contributed by atoms with Crippen LogP contribution in [0.5, 0.6) is 5.75 Å². The molecule has 0 unspecified atom stereocenters. The monoisotopic (exact) mass is 499 g/mol. The van der Waals surface area contributed by atoms with E-state index in [-0.39, 0.29) is 12.6 Å². The number of nitrogens with one attached hydrogen (secondary N) is 2. The van der Waals surface area contributed by atoms with Gasteiger partial charge >= 0.3 is 12.2 Å². The first-order chi connectivity index (χ1) is 17.3. The van der Waals surface area contributed by atoms with Gasteiger partial charge in [0, 0.05) is 38.4 Å². The van der Waals surface area contributed by atoms with Crippen LogP contribution in [0.3, 0.4) is 0 Å². The number of rotatable bonds is 6. The van der Waals surface area contributed by atoms with Crippen LogP contribution in [0, 0.1) is 0 Å². The molecule has 1 aromatic heterocycles. The van der Waals surface area contributed by atoms with Crippen molar-refractivity contribution in [2.45, 2.75) is 19.1 Å². The summed E-state index contributed by atoms with van der Waals surface area (Å²) in [5, 5.41) is 5.50. The molecule has 4 rings (SSSR count). The number of methoxy groups -OCH3 is 1. The van der Waals surface area contributed by atoms with Crippen LogP contribution in [0.15, 0.2) is 66.9 Å². The normalized spacial score (nSPS) is 14.7. The zero-order valence-electron chi connectivity index (χ0n) is 19.9. The van der Waals surface area contributed by atoms with E-state index in [0.717, 1.165) is 24.8 Å². The number of pyridine rings is 1. The molecule has 36 heavy (non-hydrogen) atoms. The van der Waals surface area contributed by atoms with E-state index in [0.29, 0.717) is 42.3 Å². The third kappa shape index (κ3) is 6.66. The lowest BCUT2D eigenvalue weighted by molar-refractivity contribution is -0.138. The molecule has 3 aromatic rings.